The highest BCUT2D eigenvalue weighted by Gasteiger charge is 2.20. The van der Waals surface area contributed by atoms with E-state index in [1.165, 1.54) is 0 Å². The van der Waals surface area contributed by atoms with Crippen LogP contribution in [0.2, 0.25) is 0 Å². The van der Waals surface area contributed by atoms with Crippen LogP contribution in [0.5, 0.6) is 11.5 Å². The molecule has 0 N–H and O–H groups in total. The van der Waals surface area contributed by atoms with E-state index in [1.54, 1.807) is 19.5 Å². The van der Waals surface area contributed by atoms with Gasteiger partial charge in [-0.1, -0.05) is 43.3 Å². The van der Waals surface area contributed by atoms with Crippen molar-refractivity contribution in [2.75, 3.05) is 13.7 Å². The van der Waals surface area contributed by atoms with E-state index in [0.717, 1.165) is 34.6 Å². The maximum Gasteiger partial charge on any atom is 0.140 e. The summed E-state index contributed by atoms with van der Waals surface area (Å²) in [5, 5.41) is 0. The zero-order chi connectivity index (χ0) is 20.5. The molecule has 1 unspecified atom stereocenters. The van der Waals surface area contributed by atoms with Crippen molar-refractivity contribution in [1.82, 2.24) is 4.98 Å². The van der Waals surface area contributed by atoms with E-state index in [2.05, 4.69) is 11.9 Å². The van der Waals surface area contributed by atoms with Gasteiger partial charge in [0.15, 0.2) is 0 Å². The van der Waals surface area contributed by atoms with Crippen LogP contribution in [-0.2, 0) is 11.2 Å². The number of nitrogens with zero attached hydrogens (tertiary/aromatic N) is 1. The van der Waals surface area contributed by atoms with Crippen LogP contribution in [0.3, 0.4) is 0 Å². The topological polar surface area (TPSA) is 40.6 Å². The molecule has 0 aliphatic carbocycles. The Balaban J connectivity index is 2.01. The number of hydrogen-bond donors (Lipinski definition) is 0. The number of pyridine rings is 1. The number of aromatic nitrogens is 1. The average molecular weight is 389 g/mol. The van der Waals surface area contributed by atoms with Crippen molar-refractivity contribution in [3.8, 4) is 11.5 Å². The molecule has 0 fully saturated rings. The molecule has 0 aliphatic rings. The number of aryl methyl sites for hydroxylation is 1. The van der Waals surface area contributed by atoms with Gasteiger partial charge < -0.3 is 14.2 Å². The SMILES string of the molecule is CCOc1ccc(OC(=Cc2cccnc2)C(OC)c2ccccc2)c(CC)c1. The lowest BCUT2D eigenvalue weighted by atomic mass is 10.1. The first-order valence-corrected chi connectivity index (χ1v) is 9.88. The molecule has 0 saturated carbocycles. The van der Waals surface area contributed by atoms with Crippen LogP contribution >= 0.6 is 0 Å². The Morgan fingerprint density at radius 1 is 1.03 bits per heavy atom. The second-order valence-electron chi connectivity index (χ2n) is 6.52. The minimum absolute atomic E-state index is 0.340. The van der Waals surface area contributed by atoms with Gasteiger partial charge in [-0.25, -0.2) is 0 Å². The summed E-state index contributed by atoms with van der Waals surface area (Å²) < 4.78 is 17.9. The van der Waals surface area contributed by atoms with Crippen LogP contribution in [0.25, 0.3) is 6.08 Å². The number of ether oxygens (including phenoxy) is 3. The Kier molecular flexibility index (Phi) is 7.42. The first kappa shape index (κ1) is 20.6. The van der Waals surface area contributed by atoms with Gasteiger partial charge in [-0.05, 0) is 60.4 Å². The molecule has 29 heavy (non-hydrogen) atoms. The van der Waals surface area contributed by atoms with Gasteiger partial charge in [0, 0.05) is 19.5 Å². The molecule has 1 aromatic heterocycles. The van der Waals surface area contributed by atoms with E-state index in [9.17, 15) is 0 Å². The third kappa shape index (κ3) is 5.46. The van der Waals surface area contributed by atoms with Gasteiger partial charge in [-0.2, -0.15) is 0 Å². The zero-order valence-electron chi connectivity index (χ0n) is 17.2. The molecule has 2 aromatic carbocycles. The molecule has 3 rings (SSSR count). The normalized spacial score (nSPS) is 12.4. The molecule has 0 radical (unpaired) electrons. The van der Waals surface area contributed by atoms with Gasteiger partial charge in [0.25, 0.3) is 0 Å². The van der Waals surface area contributed by atoms with E-state index >= 15 is 0 Å². The van der Waals surface area contributed by atoms with Gasteiger partial charge in [0.2, 0.25) is 0 Å². The molecule has 150 valence electrons. The van der Waals surface area contributed by atoms with Crippen LogP contribution in [0.4, 0.5) is 0 Å². The van der Waals surface area contributed by atoms with Crippen LogP contribution in [-0.4, -0.2) is 18.7 Å². The summed E-state index contributed by atoms with van der Waals surface area (Å²) >= 11 is 0. The first-order valence-electron chi connectivity index (χ1n) is 9.88. The lowest BCUT2D eigenvalue weighted by molar-refractivity contribution is 0.101. The van der Waals surface area contributed by atoms with Gasteiger partial charge in [0.1, 0.15) is 23.4 Å². The van der Waals surface area contributed by atoms with Gasteiger partial charge in [-0.3, -0.25) is 4.98 Å². The summed E-state index contributed by atoms with van der Waals surface area (Å²) in [6.45, 7) is 4.72. The van der Waals surface area contributed by atoms with Crippen LogP contribution in [0.15, 0.2) is 78.8 Å². The van der Waals surface area contributed by atoms with Crippen molar-refractivity contribution in [2.45, 2.75) is 26.4 Å². The van der Waals surface area contributed by atoms with Gasteiger partial charge in [-0.15, -0.1) is 0 Å². The van der Waals surface area contributed by atoms with Crippen LogP contribution in [0.1, 0.15) is 36.6 Å². The summed E-state index contributed by atoms with van der Waals surface area (Å²) in [5.74, 6) is 2.34. The number of hydrogen-bond acceptors (Lipinski definition) is 4. The van der Waals surface area contributed by atoms with Crippen molar-refractivity contribution in [2.24, 2.45) is 0 Å². The van der Waals surface area contributed by atoms with Crippen LogP contribution in [0, 0.1) is 0 Å². The third-order valence-electron chi connectivity index (χ3n) is 4.54. The second-order valence-corrected chi connectivity index (χ2v) is 6.52. The number of rotatable bonds is 9. The Morgan fingerprint density at radius 2 is 1.86 bits per heavy atom. The Bertz CT molecular complexity index is 923. The minimum atomic E-state index is -0.340. The molecule has 0 saturated heterocycles. The van der Waals surface area contributed by atoms with E-state index in [4.69, 9.17) is 14.2 Å². The van der Waals surface area contributed by atoms with E-state index < -0.39 is 0 Å². The fraction of sp³-hybridized carbons (Fsp3) is 0.240. The summed E-state index contributed by atoms with van der Waals surface area (Å²) in [5.41, 5.74) is 3.05. The maximum absolute atomic E-state index is 6.43. The Labute approximate surface area is 172 Å². The lowest BCUT2D eigenvalue weighted by Gasteiger charge is -2.22. The molecular weight excluding hydrogens is 362 g/mol. The van der Waals surface area contributed by atoms with Crippen molar-refractivity contribution in [1.29, 1.82) is 0 Å². The average Bonchev–Trinajstić information content (AvgIpc) is 2.77. The number of benzene rings is 2. The highest BCUT2D eigenvalue weighted by atomic mass is 16.5. The molecule has 4 heteroatoms. The second kappa shape index (κ2) is 10.4. The monoisotopic (exact) mass is 389 g/mol. The predicted molar refractivity (Wildman–Crippen MR) is 116 cm³/mol. The van der Waals surface area contributed by atoms with Crippen molar-refractivity contribution in [3.63, 3.8) is 0 Å². The molecule has 0 spiro atoms. The van der Waals surface area contributed by atoms with Gasteiger partial charge in [0.05, 0.1) is 6.61 Å². The maximum atomic E-state index is 6.43. The molecule has 0 aliphatic heterocycles. The Morgan fingerprint density at radius 3 is 2.52 bits per heavy atom. The highest BCUT2D eigenvalue weighted by Crippen LogP contribution is 2.33. The molecule has 3 aromatic rings. The summed E-state index contributed by atoms with van der Waals surface area (Å²) in [6.07, 6.45) is 6.03. The number of methoxy groups -OCH3 is 1. The van der Waals surface area contributed by atoms with E-state index in [0.29, 0.717) is 12.4 Å². The molecule has 1 atom stereocenters. The minimum Gasteiger partial charge on any atom is -0.494 e. The Hall–Kier alpha value is -3.11. The first-order chi connectivity index (χ1) is 14.2. The molecule has 0 bridgehead atoms. The third-order valence-corrected chi connectivity index (χ3v) is 4.54. The molecule has 0 amide bonds. The molecule has 4 nitrogen and oxygen atoms in total. The van der Waals surface area contributed by atoms with Gasteiger partial charge >= 0.3 is 0 Å². The smallest absolute Gasteiger partial charge is 0.140 e. The summed E-state index contributed by atoms with van der Waals surface area (Å²) in [7, 11) is 1.69. The van der Waals surface area contributed by atoms with E-state index in [1.807, 2.05) is 73.7 Å². The molecule has 1 heterocycles. The fourth-order valence-electron chi connectivity index (χ4n) is 3.14. The fourth-order valence-corrected chi connectivity index (χ4v) is 3.14. The lowest BCUT2D eigenvalue weighted by Crippen LogP contribution is -2.11. The van der Waals surface area contributed by atoms with E-state index in [-0.39, 0.29) is 6.10 Å². The molecular formula is C25H27NO3. The largest absolute Gasteiger partial charge is 0.494 e. The zero-order valence-corrected chi connectivity index (χ0v) is 17.2. The van der Waals surface area contributed by atoms with Crippen molar-refractivity contribution >= 4 is 6.08 Å². The quantitative estimate of drug-likeness (QED) is 0.430. The highest BCUT2D eigenvalue weighted by molar-refractivity contribution is 5.53. The van der Waals surface area contributed by atoms with Crippen molar-refractivity contribution in [3.05, 3.63) is 95.5 Å². The standard InChI is InChI=1S/C25H27NO3/c1-4-20-17-22(28-5-2)13-14-23(20)29-24(16-19-10-9-15-26-18-19)25(27-3)21-11-7-6-8-12-21/h6-18,25H,4-5H2,1-3H3. The summed E-state index contributed by atoms with van der Waals surface area (Å²) in [4.78, 5) is 4.21. The summed E-state index contributed by atoms with van der Waals surface area (Å²) in [6, 6.07) is 19.9. The van der Waals surface area contributed by atoms with Crippen molar-refractivity contribution < 1.29 is 14.2 Å². The predicted octanol–water partition coefficient (Wildman–Crippen LogP) is 5.85. The van der Waals surface area contributed by atoms with Crippen LogP contribution < -0.4 is 9.47 Å².